The van der Waals surface area contributed by atoms with Crippen LogP contribution in [0, 0.1) is 25.2 Å². The first-order valence-corrected chi connectivity index (χ1v) is 13.7. The second-order valence-electron chi connectivity index (χ2n) is 8.71. The highest BCUT2D eigenvalue weighted by molar-refractivity contribution is 8.03. The van der Waals surface area contributed by atoms with Gasteiger partial charge >= 0.3 is 0 Å². The van der Waals surface area contributed by atoms with Crippen molar-refractivity contribution in [2.75, 3.05) is 23.5 Å². The molecule has 7 nitrogen and oxygen atoms in total. The molecule has 38 heavy (non-hydrogen) atoms. The fourth-order valence-electron chi connectivity index (χ4n) is 4.20. The smallest absolute Gasteiger partial charge is 0.254 e. The van der Waals surface area contributed by atoms with Crippen molar-refractivity contribution in [3.05, 3.63) is 97.9 Å². The molecule has 1 atom stereocenters. The summed E-state index contributed by atoms with van der Waals surface area (Å²) in [5.41, 5.74) is 3.73. The van der Waals surface area contributed by atoms with Gasteiger partial charge in [-0.25, -0.2) is 0 Å². The van der Waals surface area contributed by atoms with E-state index in [1.54, 1.807) is 19.2 Å². The van der Waals surface area contributed by atoms with E-state index in [0.29, 0.717) is 33.3 Å². The van der Waals surface area contributed by atoms with E-state index >= 15 is 0 Å². The van der Waals surface area contributed by atoms with Crippen molar-refractivity contribution in [1.29, 1.82) is 5.26 Å². The minimum Gasteiger partial charge on any atom is -0.495 e. The number of benzene rings is 2. The molecule has 0 aliphatic carbocycles. The molecule has 194 valence electrons. The molecule has 1 aliphatic heterocycles. The van der Waals surface area contributed by atoms with Crippen molar-refractivity contribution in [3.8, 4) is 11.8 Å². The summed E-state index contributed by atoms with van der Waals surface area (Å²) in [5, 5.41) is 19.9. The molecular weight excluding hydrogens is 516 g/mol. The molecule has 4 rings (SSSR count). The van der Waals surface area contributed by atoms with Crippen LogP contribution < -0.4 is 20.7 Å². The lowest BCUT2D eigenvalue weighted by molar-refractivity contribution is -0.114. The molecular formula is C29H28N4O3S2. The molecule has 1 aromatic heterocycles. The van der Waals surface area contributed by atoms with Crippen molar-refractivity contribution in [3.63, 3.8) is 0 Å². The van der Waals surface area contributed by atoms with Gasteiger partial charge in [-0.3, -0.25) is 9.59 Å². The number of anilines is 2. The third-order valence-electron chi connectivity index (χ3n) is 6.06. The van der Waals surface area contributed by atoms with Crippen molar-refractivity contribution >= 4 is 46.3 Å². The third-order valence-corrected chi connectivity index (χ3v) is 8.14. The number of amides is 2. The molecule has 0 saturated heterocycles. The molecule has 2 amide bonds. The van der Waals surface area contributed by atoms with Crippen molar-refractivity contribution < 1.29 is 14.3 Å². The lowest BCUT2D eigenvalue weighted by Crippen LogP contribution is -2.31. The average molecular weight is 545 g/mol. The summed E-state index contributed by atoms with van der Waals surface area (Å²) in [4.78, 5) is 28.3. The zero-order valence-electron chi connectivity index (χ0n) is 21.5. The lowest BCUT2D eigenvalue weighted by atomic mass is 9.86. The second-order valence-corrected chi connectivity index (χ2v) is 11.0. The number of ether oxygens (including phenoxy) is 1. The zero-order valence-corrected chi connectivity index (χ0v) is 23.2. The molecule has 9 heteroatoms. The standard InChI is InChI=1S/C29H28N4O3S2/c1-17-9-5-6-10-21(17)32-25(34)16-37-29-20(15-30)27(24-14-13-18(2)38-24)26(19(3)31-29)28(35)33-22-11-7-8-12-23(22)36-4/h5-14,27,31H,16H2,1-4H3,(H,32,34)(H,33,35). The van der Waals surface area contributed by atoms with E-state index in [1.165, 1.54) is 23.1 Å². The Hall–Kier alpha value is -4.00. The molecule has 2 heterocycles. The molecule has 1 aliphatic rings. The maximum atomic E-state index is 13.6. The Kier molecular flexibility index (Phi) is 8.56. The summed E-state index contributed by atoms with van der Waals surface area (Å²) in [5.74, 6) is -0.436. The first kappa shape index (κ1) is 27.0. The Labute approximate surface area is 230 Å². The molecule has 3 aromatic rings. The zero-order chi connectivity index (χ0) is 27.2. The number of carbonyl (C=O) groups is 2. The molecule has 0 fully saturated rings. The van der Waals surface area contributed by atoms with Gasteiger partial charge in [0, 0.05) is 26.7 Å². The van der Waals surface area contributed by atoms with Crippen LogP contribution in [0.15, 0.2) is 82.5 Å². The van der Waals surface area contributed by atoms with Gasteiger partial charge in [0.15, 0.2) is 0 Å². The number of nitriles is 1. The lowest BCUT2D eigenvalue weighted by Gasteiger charge is -2.29. The van der Waals surface area contributed by atoms with Gasteiger partial charge in [0.25, 0.3) is 5.91 Å². The van der Waals surface area contributed by atoms with E-state index in [4.69, 9.17) is 4.74 Å². The SMILES string of the molecule is COc1ccccc1NC(=O)C1=C(C)NC(SCC(=O)Nc2ccccc2C)=C(C#N)C1c1ccc(C)s1. The van der Waals surface area contributed by atoms with Crippen molar-refractivity contribution in [1.82, 2.24) is 5.32 Å². The number of thioether (sulfide) groups is 1. The van der Waals surface area contributed by atoms with Gasteiger partial charge in [-0.1, -0.05) is 42.1 Å². The summed E-state index contributed by atoms with van der Waals surface area (Å²) in [6.45, 7) is 5.73. The minimum atomic E-state index is -0.573. The topological polar surface area (TPSA) is 103 Å². The Morgan fingerprint density at radius 2 is 1.74 bits per heavy atom. The second kappa shape index (κ2) is 12.0. The molecule has 0 bridgehead atoms. The van der Waals surface area contributed by atoms with Crippen LogP contribution in [0.1, 0.15) is 28.2 Å². The summed E-state index contributed by atoms with van der Waals surface area (Å²) in [7, 11) is 1.55. The van der Waals surface area contributed by atoms with Crippen LogP contribution in [-0.2, 0) is 9.59 Å². The maximum absolute atomic E-state index is 13.6. The Bertz CT molecular complexity index is 1480. The number of nitrogens with zero attached hydrogens (tertiary/aromatic N) is 1. The predicted octanol–water partition coefficient (Wildman–Crippen LogP) is 6.08. The van der Waals surface area contributed by atoms with Gasteiger partial charge in [-0.05, 0) is 56.7 Å². The summed E-state index contributed by atoms with van der Waals surface area (Å²) in [6, 6.07) is 21.0. The van der Waals surface area contributed by atoms with E-state index in [1.807, 2.05) is 69.3 Å². The Morgan fingerprint density at radius 1 is 1.03 bits per heavy atom. The highest BCUT2D eigenvalue weighted by atomic mass is 32.2. The number of hydrogen-bond acceptors (Lipinski definition) is 7. The summed E-state index contributed by atoms with van der Waals surface area (Å²) in [6.07, 6.45) is 0. The van der Waals surface area contributed by atoms with Gasteiger partial charge in [0.05, 0.1) is 41.1 Å². The average Bonchev–Trinajstić information content (AvgIpc) is 3.34. The van der Waals surface area contributed by atoms with Crippen molar-refractivity contribution in [2.45, 2.75) is 26.7 Å². The van der Waals surface area contributed by atoms with Gasteiger partial charge in [0.1, 0.15) is 5.75 Å². The number of carbonyl (C=O) groups excluding carboxylic acids is 2. The largest absolute Gasteiger partial charge is 0.495 e. The fraction of sp³-hybridized carbons (Fsp3) is 0.207. The maximum Gasteiger partial charge on any atom is 0.254 e. The summed E-state index contributed by atoms with van der Waals surface area (Å²) < 4.78 is 5.39. The van der Waals surface area contributed by atoms with Gasteiger partial charge in [-0.15, -0.1) is 11.3 Å². The molecule has 0 saturated carbocycles. The van der Waals surface area contributed by atoms with E-state index in [-0.39, 0.29) is 17.6 Å². The molecule has 0 spiro atoms. The number of nitrogens with one attached hydrogen (secondary N) is 3. The number of methoxy groups -OCH3 is 1. The number of allylic oxidation sites excluding steroid dienone is 2. The minimum absolute atomic E-state index is 0.105. The number of para-hydroxylation sites is 3. The van der Waals surface area contributed by atoms with Gasteiger partial charge in [0.2, 0.25) is 5.91 Å². The molecule has 3 N–H and O–H groups in total. The van der Waals surface area contributed by atoms with Crippen LogP contribution >= 0.6 is 23.1 Å². The monoisotopic (exact) mass is 544 g/mol. The Balaban J connectivity index is 1.63. The number of dihydropyridines is 1. The normalized spacial score (nSPS) is 15.0. The Morgan fingerprint density at radius 3 is 2.39 bits per heavy atom. The van der Waals surface area contributed by atoms with Crippen LogP contribution in [0.2, 0.25) is 0 Å². The van der Waals surface area contributed by atoms with Crippen LogP contribution in [0.5, 0.6) is 5.75 Å². The number of rotatable bonds is 8. The number of aryl methyl sites for hydroxylation is 2. The van der Waals surface area contributed by atoms with E-state index in [2.05, 4.69) is 22.0 Å². The third kappa shape index (κ3) is 5.93. The predicted molar refractivity (Wildman–Crippen MR) is 154 cm³/mol. The highest BCUT2D eigenvalue weighted by Gasteiger charge is 2.36. The van der Waals surface area contributed by atoms with E-state index < -0.39 is 5.92 Å². The van der Waals surface area contributed by atoms with E-state index in [0.717, 1.165) is 21.0 Å². The quantitative estimate of drug-likeness (QED) is 0.318. The first-order valence-electron chi connectivity index (χ1n) is 11.9. The van der Waals surface area contributed by atoms with Gasteiger partial charge < -0.3 is 20.7 Å². The van der Waals surface area contributed by atoms with Crippen LogP contribution in [0.3, 0.4) is 0 Å². The summed E-state index contributed by atoms with van der Waals surface area (Å²) >= 11 is 2.79. The highest BCUT2D eigenvalue weighted by Crippen LogP contribution is 2.43. The van der Waals surface area contributed by atoms with Gasteiger partial charge in [-0.2, -0.15) is 5.26 Å². The number of hydrogen-bond donors (Lipinski definition) is 3. The first-order chi connectivity index (χ1) is 18.3. The van der Waals surface area contributed by atoms with Crippen LogP contribution in [-0.4, -0.2) is 24.7 Å². The van der Waals surface area contributed by atoms with Crippen LogP contribution in [0.4, 0.5) is 11.4 Å². The van der Waals surface area contributed by atoms with Crippen molar-refractivity contribution in [2.24, 2.45) is 0 Å². The molecule has 2 aromatic carbocycles. The van der Waals surface area contributed by atoms with E-state index in [9.17, 15) is 14.9 Å². The molecule has 1 unspecified atom stereocenters. The number of thiophene rings is 1. The molecule has 0 radical (unpaired) electrons. The fourth-order valence-corrected chi connectivity index (χ4v) is 6.08. The van der Waals surface area contributed by atoms with Crippen LogP contribution in [0.25, 0.3) is 0 Å².